The van der Waals surface area contributed by atoms with Crippen molar-refractivity contribution in [1.82, 2.24) is 0 Å². The second-order valence-corrected chi connectivity index (χ2v) is 2.84. The number of Topliss-reactive ketones (excluding diaryl/α,β-unsaturated/α-hetero) is 1. The summed E-state index contributed by atoms with van der Waals surface area (Å²) in [5.41, 5.74) is 0. The van der Waals surface area contributed by atoms with Gasteiger partial charge in [-0.2, -0.15) is 0 Å². The topological polar surface area (TPSA) is 135 Å². The van der Waals surface area contributed by atoms with Crippen LogP contribution in [0.1, 0.15) is 6.92 Å². The zero-order valence-electron chi connectivity index (χ0n) is 7.36. The Morgan fingerprint density at radius 1 is 1.00 bits per heavy atom. The monoisotopic (exact) mass is 208 g/mol. The number of aliphatic carboxylic acids is 1. The third-order valence-corrected chi connectivity index (χ3v) is 1.65. The summed E-state index contributed by atoms with van der Waals surface area (Å²) in [5, 5.41) is 43.9. The highest BCUT2D eigenvalue weighted by Crippen LogP contribution is 2.05. The average molecular weight is 208 g/mol. The van der Waals surface area contributed by atoms with Crippen LogP contribution in [0.25, 0.3) is 0 Å². The van der Waals surface area contributed by atoms with E-state index in [0.29, 0.717) is 0 Å². The lowest BCUT2D eigenvalue weighted by Gasteiger charge is -2.22. The number of hydrogen-bond donors (Lipinski definition) is 5. The molecule has 82 valence electrons. The summed E-state index contributed by atoms with van der Waals surface area (Å²) >= 11 is 0. The Labute approximate surface area is 79.2 Å². The van der Waals surface area contributed by atoms with Crippen molar-refractivity contribution in [3.63, 3.8) is 0 Å². The highest BCUT2D eigenvalue weighted by molar-refractivity contribution is 6.34. The molecular weight excluding hydrogens is 196 g/mol. The zero-order chi connectivity index (χ0) is 11.5. The standard InChI is InChI=1S/C7H12O7/c1-2(8)3(9)4(10)5(11)6(12)7(13)14/h2-5,8-11H,1H3,(H,13,14). The van der Waals surface area contributed by atoms with Gasteiger partial charge < -0.3 is 25.5 Å². The summed E-state index contributed by atoms with van der Waals surface area (Å²) < 4.78 is 0. The summed E-state index contributed by atoms with van der Waals surface area (Å²) in [7, 11) is 0. The molecule has 0 amide bonds. The van der Waals surface area contributed by atoms with E-state index in [9.17, 15) is 9.59 Å². The van der Waals surface area contributed by atoms with Gasteiger partial charge in [0.2, 0.25) is 0 Å². The van der Waals surface area contributed by atoms with Gasteiger partial charge in [0.25, 0.3) is 5.78 Å². The first-order valence-electron chi connectivity index (χ1n) is 3.78. The third-order valence-electron chi connectivity index (χ3n) is 1.65. The fourth-order valence-corrected chi connectivity index (χ4v) is 0.754. The normalized spacial score (nSPS) is 19.5. The van der Waals surface area contributed by atoms with E-state index in [0.717, 1.165) is 6.92 Å². The van der Waals surface area contributed by atoms with Gasteiger partial charge in [-0.15, -0.1) is 0 Å². The van der Waals surface area contributed by atoms with Crippen LogP contribution in [0.4, 0.5) is 0 Å². The maximum Gasteiger partial charge on any atom is 0.375 e. The number of carboxylic acids is 1. The highest BCUT2D eigenvalue weighted by Gasteiger charge is 2.35. The Bertz CT molecular complexity index is 224. The van der Waals surface area contributed by atoms with Crippen LogP contribution in [-0.2, 0) is 9.59 Å². The number of carbonyl (C=O) groups excluding carboxylic acids is 1. The van der Waals surface area contributed by atoms with Crippen molar-refractivity contribution in [3.05, 3.63) is 0 Å². The van der Waals surface area contributed by atoms with Crippen LogP contribution in [0.5, 0.6) is 0 Å². The Hall–Kier alpha value is -1.02. The highest BCUT2D eigenvalue weighted by atomic mass is 16.4. The number of aliphatic hydroxyl groups excluding tert-OH is 4. The molecule has 14 heavy (non-hydrogen) atoms. The van der Waals surface area contributed by atoms with Gasteiger partial charge in [0.05, 0.1) is 6.10 Å². The van der Waals surface area contributed by atoms with Crippen LogP contribution in [0.2, 0.25) is 0 Å². The Morgan fingerprint density at radius 2 is 1.43 bits per heavy atom. The van der Waals surface area contributed by atoms with Crippen LogP contribution >= 0.6 is 0 Å². The maximum atomic E-state index is 10.6. The van der Waals surface area contributed by atoms with Gasteiger partial charge in [-0.1, -0.05) is 0 Å². The van der Waals surface area contributed by atoms with E-state index in [1.807, 2.05) is 0 Å². The largest absolute Gasteiger partial charge is 0.475 e. The van der Waals surface area contributed by atoms with Gasteiger partial charge in [0.1, 0.15) is 12.2 Å². The zero-order valence-corrected chi connectivity index (χ0v) is 7.36. The molecular formula is C7H12O7. The van der Waals surface area contributed by atoms with Crippen molar-refractivity contribution < 1.29 is 35.1 Å². The number of ketones is 1. The molecule has 0 fully saturated rings. The predicted molar refractivity (Wildman–Crippen MR) is 42.3 cm³/mol. The van der Waals surface area contributed by atoms with Gasteiger partial charge in [0, 0.05) is 0 Å². The van der Waals surface area contributed by atoms with Crippen molar-refractivity contribution in [3.8, 4) is 0 Å². The molecule has 7 nitrogen and oxygen atoms in total. The van der Waals surface area contributed by atoms with E-state index in [4.69, 9.17) is 25.5 Å². The van der Waals surface area contributed by atoms with E-state index in [-0.39, 0.29) is 0 Å². The molecule has 5 N–H and O–H groups in total. The summed E-state index contributed by atoms with van der Waals surface area (Å²) in [6, 6.07) is 0. The van der Waals surface area contributed by atoms with Crippen LogP contribution in [0.3, 0.4) is 0 Å². The van der Waals surface area contributed by atoms with E-state index in [1.165, 1.54) is 0 Å². The molecule has 0 aliphatic carbocycles. The number of hydrogen-bond acceptors (Lipinski definition) is 6. The van der Waals surface area contributed by atoms with E-state index in [1.54, 1.807) is 0 Å². The van der Waals surface area contributed by atoms with E-state index >= 15 is 0 Å². The second kappa shape index (κ2) is 5.01. The molecule has 0 spiro atoms. The molecule has 4 unspecified atom stereocenters. The summed E-state index contributed by atoms with van der Waals surface area (Å²) in [6.45, 7) is 1.12. The van der Waals surface area contributed by atoms with Crippen molar-refractivity contribution in [2.75, 3.05) is 0 Å². The summed E-state index contributed by atoms with van der Waals surface area (Å²) in [4.78, 5) is 20.7. The lowest BCUT2D eigenvalue weighted by atomic mass is 10.0. The quantitative estimate of drug-likeness (QED) is 0.306. The van der Waals surface area contributed by atoms with E-state index in [2.05, 4.69) is 0 Å². The average Bonchev–Trinajstić information content (AvgIpc) is 2.12. The second-order valence-electron chi connectivity index (χ2n) is 2.84. The SMILES string of the molecule is CC(O)C(O)C(O)C(O)C(=O)C(=O)O. The molecule has 0 aromatic rings. The van der Waals surface area contributed by atoms with Crippen molar-refractivity contribution in [1.29, 1.82) is 0 Å². The molecule has 0 aliphatic rings. The van der Waals surface area contributed by atoms with Crippen LogP contribution in [0.15, 0.2) is 0 Å². The molecule has 0 rings (SSSR count). The molecule has 0 radical (unpaired) electrons. The number of carbonyl (C=O) groups is 2. The Balaban J connectivity index is 4.46. The molecule has 0 saturated heterocycles. The first-order valence-corrected chi connectivity index (χ1v) is 3.78. The number of aliphatic hydroxyl groups is 4. The minimum atomic E-state index is -2.25. The molecule has 0 bridgehead atoms. The summed E-state index contributed by atoms with van der Waals surface area (Å²) in [6.07, 6.45) is -7.45. The van der Waals surface area contributed by atoms with Crippen LogP contribution in [-0.4, -0.2) is 61.7 Å². The summed E-state index contributed by atoms with van der Waals surface area (Å²) in [5.74, 6) is -3.56. The first-order chi connectivity index (χ1) is 6.29. The molecule has 7 heteroatoms. The minimum Gasteiger partial charge on any atom is -0.475 e. The van der Waals surface area contributed by atoms with Crippen molar-refractivity contribution >= 4 is 11.8 Å². The molecule has 0 aromatic carbocycles. The molecule has 0 aliphatic heterocycles. The van der Waals surface area contributed by atoms with Gasteiger partial charge in [0.15, 0.2) is 6.10 Å². The third kappa shape index (κ3) is 3.04. The fourth-order valence-electron chi connectivity index (χ4n) is 0.754. The minimum absolute atomic E-state index is 1.12. The van der Waals surface area contributed by atoms with Gasteiger partial charge >= 0.3 is 5.97 Å². The molecule has 0 heterocycles. The number of rotatable bonds is 5. The molecule has 4 atom stereocenters. The van der Waals surface area contributed by atoms with Gasteiger partial charge in [-0.25, -0.2) is 4.79 Å². The molecule has 0 aromatic heterocycles. The van der Waals surface area contributed by atoms with Gasteiger partial charge in [-0.3, -0.25) is 4.79 Å². The lowest BCUT2D eigenvalue weighted by Crippen LogP contribution is -2.48. The fraction of sp³-hybridized carbons (Fsp3) is 0.714. The van der Waals surface area contributed by atoms with Crippen LogP contribution in [0, 0.1) is 0 Å². The Kier molecular flexibility index (Phi) is 4.64. The smallest absolute Gasteiger partial charge is 0.375 e. The van der Waals surface area contributed by atoms with Gasteiger partial charge in [-0.05, 0) is 6.92 Å². The maximum absolute atomic E-state index is 10.6. The predicted octanol–water partition coefficient (Wildman–Crippen LogP) is -2.90. The first kappa shape index (κ1) is 13.0. The van der Waals surface area contributed by atoms with Crippen LogP contribution < -0.4 is 0 Å². The van der Waals surface area contributed by atoms with E-state index < -0.39 is 36.2 Å². The van der Waals surface area contributed by atoms with Crippen molar-refractivity contribution in [2.45, 2.75) is 31.3 Å². The molecule has 0 saturated carbocycles. The number of carboxylic acid groups (broad SMARTS) is 1. The lowest BCUT2D eigenvalue weighted by molar-refractivity contribution is -0.161. The van der Waals surface area contributed by atoms with Crippen molar-refractivity contribution in [2.24, 2.45) is 0 Å². The Morgan fingerprint density at radius 3 is 1.71 bits per heavy atom.